The van der Waals surface area contributed by atoms with Crippen molar-refractivity contribution < 1.29 is 9.05 Å². The van der Waals surface area contributed by atoms with E-state index < -0.39 is 0 Å². The van der Waals surface area contributed by atoms with Crippen LogP contribution in [0.3, 0.4) is 0 Å². The van der Waals surface area contributed by atoms with Crippen molar-refractivity contribution in [1.29, 1.82) is 0 Å². The summed E-state index contributed by atoms with van der Waals surface area (Å²) in [5, 5.41) is 8.01. The molecule has 0 amide bonds. The number of nitrogens with zero attached hydrogens (tertiary/aromatic N) is 6. The molecule has 132 valence electrons. The van der Waals surface area contributed by atoms with Gasteiger partial charge in [-0.3, -0.25) is 9.88 Å². The molecule has 0 saturated heterocycles. The van der Waals surface area contributed by atoms with Crippen LogP contribution in [0, 0.1) is 0 Å². The van der Waals surface area contributed by atoms with E-state index >= 15 is 0 Å². The number of hydrogen-bond donors (Lipinski definition) is 0. The first kappa shape index (κ1) is 17.0. The predicted octanol–water partition coefficient (Wildman–Crippen LogP) is 3.64. The fourth-order valence-electron chi connectivity index (χ4n) is 2.30. The molecule has 4 aromatic heterocycles. The molecule has 0 aliphatic carbocycles. The van der Waals surface area contributed by atoms with E-state index in [9.17, 15) is 0 Å². The van der Waals surface area contributed by atoms with Gasteiger partial charge in [0, 0.05) is 18.0 Å². The van der Waals surface area contributed by atoms with Crippen molar-refractivity contribution in [1.82, 2.24) is 30.2 Å². The quantitative estimate of drug-likeness (QED) is 0.455. The molecule has 4 rings (SSSR count). The van der Waals surface area contributed by atoms with Crippen LogP contribution in [0.15, 0.2) is 49.5 Å². The van der Waals surface area contributed by atoms with Crippen LogP contribution in [0.1, 0.15) is 11.8 Å². The van der Waals surface area contributed by atoms with Gasteiger partial charge in [-0.2, -0.15) is 9.97 Å². The molecule has 0 saturated carbocycles. The molecule has 26 heavy (non-hydrogen) atoms. The first-order valence-corrected chi connectivity index (χ1v) is 9.28. The molecule has 0 radical (unpaired) electrons. The lowest BCUT2D eigenvalue weighted by atomic mass is 10.3. The summed E-state index contributed by atoms with van der Waals surface area (Å²) in [5.41, 5.74) is 0.814. The highest BCUT2D eigenvalue weighted by Crippen LogP contribution is 2.29. The second-order valence-electron chi connectivity index (χ2n) is 5.54. The van der Waals surface area contributed by atoms with Crippen LogP contribution in [-0.2, 0) is 13.1 Å². The summed E-state index contributed by atoms with van der Waals surface area (Å²) in [6, 6.07) is 7.62. The van der Waals surface area contributed by atoms with E-state index in [1.807, 2.05) is 36.2 Å². The van der Waals surface area contributed by atoms with Gasteiger partial charge in [0.2, 0.25) is 23.4 Å². The van der Waals surface area contributed by atoms with Gasteiger partial charge < -0.3 is 9.05 Å². The van der Waals surface area contributed by atoms with Gasteiger partial charge in [0.15, 0.2) is 0 Å². The minimum atomic E-state index is 0.468. The summed E-state index contributed by atoms with van der Waals surface area (Å²) in [6.45, 7) is 0.944. The van der Waals surface area contributed by atoms with E-state index in [4.69, 9.17) is 9.05 Å². The Morgan fingerprint density at radius 1 is 1.04 bits per heavy atom. The zero-order valence-electron chi connectivity index (χ0n) is 13.7. The zero-order chi connectivity index (χ0) is 17.9. The number of thiophene rings is 1. The third kappa shape index (κ3) is 3.87. The second kappa shape index (κ2) is 7.44. The zero-order valence-corrected chi connectivity index (χ0v) is 16.1. The third-order valence-electron chi connectivity index (χ3n) is 3.46. The highest BCUT2D eigenvalue weighted by molar-refractivity contribution is 9.11. The van der Waals surface area contributed by atoms with Crippen LogP contribution in [0.2, 0.25) is 0 Å². The Bertz CT molecular complexity index is 999. The van der Waals surface area contributed by atoms with Gasteiger partial charge in [0.1, 0.15) is 0 Å². The minimum absolute atomic E-state index is 0.468. The van der Waals surface area contributed by atoms with Crippen LogP contribution in [0.5, 0.6) is 0 Å². The Morgan fingerprint density at radius 2 is 1.77 bits per heavy atom. The smallest absolute Gasteiger partial charge is 0.241 e. The van der Waals surface area contributed by atoms with Crippen molar-refractivity contribution in [3.8, 4) is 22.1 Å². The first-order chi connectivity index (χ1) is 12.7. The fourth-order valence-corrected chi connectivity index (χ4v) is 3.61. The monoisotopic (exact) mass is 432 g/mol. The molecule has 0 fully saturated rings. The van der Waals surface area contributed by atoms with Gasteiger partial charge in [-0.25, -0.2) is 0 Å². The Morgan fingerprint density at radius 3 is 2.42 bits per heavy atom. The molecule has 10 heteroatoms. The second-order valence-corrected chi connectivity index (χ2v) is 8.00. The van der Waals surface area contributed by atoms with Gasteiger partial charge in [-0.15, -0.1) is 11.3 Å². The Kier molecular flexibility index (Phi) is 4.87. The van der Waals surface area contributed by atoms with E-state index in [0.717, 1.165) is 14.2 Å². The summed E-state index contributed by atoms with van der Waals surface area (Å²) >= 11 is 4.99. The molecule has 4 heterocycles. The fraction of sp³-hybridized carbons (Fsp3) is 0.188. The highest BCUT2D eigenvalue weighted by atomic mass is 79.9. The topological polar surface area (TPSA) is 94.0 Å². The van der Waals surface area contributed by atoms with Crippen molar-refractivity contribution >= 4 is 27.3 Å². The van der Waals surface area contributed by atoms with Gasteiger partial charge >= 0.3 is 0 Å². The number of pyridine rings is 1. The van der Waals surface area contributed by atoms with Gasteiger partial charge in [-0.05, 0) is 47.2 Å². The maximum Gasteiger partial charge on any atom is 0.241 e. The molecule has 0 aliphatic rings. The SMILES string of the molecule is CN(Cc1nc(-c2cccnc2)no1)Cc1nc(-c2ccc(Br)s2)no1. The number of rotatable bonds is 6. The van der Waals surface area contributed by atoms with Crippen molar-refractivity contribution in [3.05, 3.63) is 52.2 Å². The van der Waals surface area contributed by atoms with E-state index in [1.54, 1.807) is 23.7 Å². The van der Waals surface area contributed by atoms with Crippen LogP contribution < -0.4 is 0 Å². The molecule has 0 aliphatic heterocycles. The van der Waals surface area contributed by atoms with E-state index in [-0.39, 0.29) is 0 Å². The van der Waals surface area contributed by atoms with E-state index in [1.165, 1.54) is 0 Å². The molecule has 0 aromatic carbocycles. The average Bonchev–Trinajstić information content (AvgIpc) is 3.37. The number of hydrogen-bond acceptors (Lipinski definition) is 9. The van der Waals surface area contributed by atoms with Crippen molar-refractivity contribution in [2.75, 3.05) is 7.05 Å². The maximum atomic E-state index is 5.32. The maximum absolute atomic E-state index is 5.32. The van der Waals surface area contributed by atoms with Crippen LogP contribution >= 0.6 is 27.3 Å². The summed E-state index contributed by atoms with van der Waals surface area (Å²) in [7, 11) is 1.92. The molecule has 0 bridgehead atoms. The summed E-state index contributed by atoms with van der Waals surface area (Å²) < 4.78 is 11.7. The van der Waals surface area contributed by atoms with Crippen molar-refractivity contribution in [2.24, 2.45) is 0 Å². The van der Waals surface area contributed by atoms with Crippen molar-refractivity contribution in [2.45, 2.75) is 13.1 Å². The highest BCUT2D eigenvalue weighted by Gasteiger charge is 2.15. The standard InChI is InChI=1S/C16H13BrN6O2S/c1-23(8-13-19-15(21-24-13)10-3-2-6-18-7-10)9-14-20-16(22-25-14)11-4-5-12(17)26-11/h2-7H,8-9H2,1H3. The lowest BCUT2D eigenvalue weighted by Gasteiger charge is -2.10. The molecular formula is C16H13BrN6O2S. The Hall–Kier alpha value is -2.43. The van der Waals surface area contributed by atoms with Gasteiger partial charge in [0.25, 0.3) is 0 Å². The summed E-state index contributed by atoms with van der Waals surface area (Å²) in [5.74, 6) is 2.14. The lowest BCUT2D eigenvalue weighted by molar-refractivity contribution is 0.229. The lowest BCUT2D eigenvalue weighted by Crippen LogP contribution is -2.17. The normalized spacial score (nSPS) is 11.3. The molecule has 0 unspecified atom stereocenters. The largest absolute Gasteiger partial charge is 0.338 e. The third-order valence-corrected chi connectivity index (χ3v) is 5.08. The molecule has 4 aromatic rings. The predicted molar refractivity (Wildman–Crippen MR) is 98.0 cm³/mol. The summed E-state index contributed by atoms with van der Waals surface area (Å²) in [6.07, 6.45) is 3.40. The molecule has 0 atom stereocenters. The number of aromatic nitrogens is 5. The van der Waals surface area contributed by atoms with Crippen LogP contribution in [0.4, 0.5) is 0 Å². The van der Waals surface area contributed by atoms with E-state index in [0.29, 0.717) is 36.5 Å². The van der Waals surface area contributed by atoms with Gasteiger partial charge in [-0.1, -0.05) is 10.3 Å². The average molecular weight is 433 g/mol. The van der Waals surface area contributed by atoms with Crippen LogP contribution in [-0.4, -0.2) is 37.2 Å². The molecule has 8 nitrogen and oxygen atoms in total. The minimum Gasteiger partial charge on any atom is -0.338 e. The summed E-state index contributed by atoms with van der Waals surface area (Å²) in [4.78, 5) is 15.8. The Balaban J connectivity index is 1.39. The molecule has 0 N–H and O–H groups in total. The first-order valence-electron chi connectivity index (χ1n) is 7.67. The van der Waals surface area contributed by atoms with E-state index in [2.05, 4.69) is 41.2 Å². The van der Waals surface area contributed by atoms with Crippen molar-refractivity contribution in [3.63, 3.8) is 0 Å². The number of halogens is 1. The van der Waals surface area contributed by atoms with Gasteiger partial charge in [0.05, 0.1) is 21.8 Å². The molecule has 0 spiro atoms. The Labute approximate surface area is 161 Å². The molecular weight excluding hydrogens is 420 g/mol. The van der Waals surface area contributed by atoms with Crippen LogP contribution in [0.25, 0.3) is 22.1 Å².